The fourth-order valence-electron chi connectivity index (χ4n) is 3.61. The molecule has 0 spiro atoms. The van der Waals surface area contributed by atoms with Crippen molar-refractivity contribution in [3.05, 3.63) is 84.4 Å². The van der Waals surface area contributed by atoms with Gasteiger partial charge in [0.2, 0.25) is 0 Å². The van der Waals surface area contributed by atoms with Crippen LogP contribution >= 0.6 is 0 Å². The molecule has 1 aliphatic heterocycles. The van der Waals surface area contributed by atoms with Crippen LogP contribution in [-0.4, -0.2) is 26.0 Å². The molecule has 0 aromatic heterocycles. The van der Waals surface area contributed by atoms with E-state index in [1.54, 1.807) is 4.90 Å². The van der Waals surface area contributed by atoms with Gasteiger partial charge in [-0.1, -0.05) is 42.5 Å². The highest BCUT2D eigenvalue weighted by Gasteiger charge is 2.15. The number of hydrogen-bond acceptors (Lipinski definition) is 2. The quantitative estimate of drug-likeness (QED) is 0.639. The van der Waals surface area contributed by atoms with Gasteiger partial charge in [0.1, 0.15) is 0 Å². The normalized spacial score (nSPS) is 13.6. The Bertz CT molecular complexity index is 895. The fraction of sp³-hybridized carbons (Fsp3) is 0.208. The highest BCUT2D eigenvalue weighted by Crippen LogP contribution is 2.25. The zero-order chi connectivity index (χ0) is 18.6. The number of carbonyl (C=O) groups excluding carboxylic acids is 1. The first-order chi connectivity index (χ1) is 13.2. The van der Waals surface area contributed by atoms with Gasteiger partial charge in [0.25, 0.3) is 5.91 Å². The van der Waals surface area contributed by atoms with Crippen LogP contribution in [0.3, 0.4) is 0 Å². The third kappa shape index (κ3) is 3.72. The summed E-state index contributed by atoms with van der Waals surface area (Å²) in [4.78, 5) is 17.0. The Kier molecular flexibility index (Phi) is 4.93. The SMILES string of the molecule is CN(C(=O)c1ccc(-c2ccccc2)cc1)c1ccc(N2CCCC2)cc1. The lowest BCUT2D eigenvalue weighted by molar-refractivity contribution is 0.0993. The molecule has 0 atom stereocenters. The van der Waals surface area contributed by atoms with Crippen LogP contribution in [-0.2, 0) is 0 Å². The van der Waals surface area contributed by atoms with E-state index in [4.69, 9.17) is 0 Å². The third-order valence-corrected chi connectivity index (χ3v) is 5.25. The third-order valence-electron chi connectivity index (χ3n) is 5.25. The standard InChI is InChI=1S/C24H24N2O/c1-25(22-13-15-23(16-14-22)26-17-5-6-18-26)24(27)21-11-9-20(10-12-21)19-7-3-2-4-8-19/h2-4,7-16H,5-6,17-18H2,1H3. The molecular formula is C24H24N2O. The average Bonchev–Trinajstić information content (AvgIpc) is 3.28. The van der Waals surface area contributed by atoms with Gasteiger partial charge in [0.05, 0.1) is 0 Å². The second-order valence-electron chi connectivity index (χ2n) is 7.02. The zero-order valence-electron chi connectivity index (χ0n) is 15.6. The van der Waals surface area contributed by atoms with Gasteiger partial charge in [0.15, 0.2) is 0 Å². The van der Waals surface area contributed by atoms with E-state index in [9.17, 15) is 4.79 Å². The average molecular weight is 356 g/mol. The van der Waals surface area contributed by atoms with Crippen molar-refractivity contribution in [2.45, 2.75) is 12.8 Å². The largest absolute Gasteiger partial charge is 0.372 e. The van der Waals surface area contributed by atoms with Crippen molar-refractivity contribution < 1.29 is 4.79 Å². The number of benzene rings is 3. The second-order valence-corrected chi connectivity index (χ2v) is 7.02. The van der Waals surface area contributed by atoms with Crippen LogP contribution in [0.1, 0.15) is 23.2 Å². The molecule has 0 N–H and O–H groups in total. The molecule has 3 aromatic carbocycles. The second kappa shape index (κ2) is 7.67. The van der Waals surface area contributed by atoms with Crippen LogP contribution in [0.2, 0.25) is 0 Å². The molecule has 136 valence electrons. The minimum absolute atomic E-state index is 0.00327. The Balaban J connectivity index is 1.48. The van der Waals surface area contributed by atoms with Gasteiger partial charge in [-0.2, -0.15) is 0 Å². The topological polar surface area (TPSA) is 23.6 Å². The Morgan fingerprint density at radius 3 is 2.00 bits per heavy atom. The van der Waals surface area contributed by atoms with E-state index >= 15 is 0 Å². The molecule has 1 heterocycles. The van der Waals surface area contributed by atoms with E-state index in [1.165, 1.54) is 18.5 Å². The molecule has 3 nitrogen and oxygen atoms in total. The van der Waals surface area contributed by atoms with Crippen molar-refractivity contribution in [2.75, 3.05) is 29.9 Å². The molecule has 27 heavy (non-hydrogen) atoms. The first kappa shape index (κ1) is 17.3. The molecule has 1 amide bonds. The van der Waals surface area contributed by atoms with Crippen LogP contribution in [0.25, 0.3) is 11.1 Å². The number of amides is 1. The lowest BCUT2D eigenvalue weighted by atomic mass is 10.0. The van der Waals surface area contributed by atoms with E-state index in [2.05, 4.69) is 29.2 Å². The summed E-state index contributed by atoms with van der Waals surface area (Å²) < 4.78 is 0. The molecule has 1 aliphatic rings. The molecule has 0 unspecified atom stereocenters. The molecule has 0 bridgehead atoms. The summed E-state index contributed by atoms with van der Waals surface area (Å²) in [5.74, 6) is 0.00327. The smallest absolute Gasteiger partial charge is 0.258 e. The maximum atomic E-state index is 12.8. The number of nitrogens with zero attached hydrogens (tertiary/aromatic N) is 2. The van der Waals surface area contributed by atoms with E-state index in [-0.39, 0.29) is 5.91 Å². The summed E-state index contributed by atoms with van der Waals surface area (Å²) in [5.41, 5.74) is 5.12. The van der Waals surface area contributed by atoms with E-state index in [0.717, 1.165) is 29.9 Å². The van der Waals surface area contributed by atoms with Gasteiger partial charge in [-0.15, -0.1) is 0 Å². The first-order valence-corrected chi connectivity index (χ1v) is 9.51. The van der Waals surface area contributed by atoms with Gasteiger partial charge in [-0.3, -0.25) is 4.79 Å². The van der Waals surface area contributed by atoms with Gasteiger partial charge >= 0.3 is 0 Å². The summed E-state index contributed by atoms with van der Waals surface area (Å²) in [7, 11) is 1.83. The van der Waals surface area contributed by atoms with Crippen molar-refractivity contribution in [3.8, 4) is 11.1 Å². The van der Waals surface area contributed by atoms with Crippen LogP contribution in [0.4, 0.5) is 11.4 Å². The van der Waals surface area contributed by atoms with Crippen molar-refractivity contribution >= 4 is 17.3 Å². The van der Waals surface area contributed by atoms with E-state index in [0.29, 0.717) is 5.56 Å². The summed E-state index contributed by atoms with van der Waals surface area (Å²) in [6.07, 6.45) is 2.53. The summed E-state index contributed by atoms with van der Waals surface area (Å²) in [6.45, 7) is 2.25. The summed E-state index contributed by atoms with van der Waals surface area (Å²) in [5, 5.41) is 0. The van der Waals surface area contributed by atoms with E-state index in [1.807, 2.05) is 61.6 Å². The predicted molar refractivity (Wildman–Crippen MR) is 113 cm³/mol. The molecule has 0 radical (unpaired) electrons. The van der Waals surface area contributed by atoms with Crippen molar-refractivity contribution in [2.24, 2.45) is 0 Å². The molecule has 3 aromatic rings. The molecule has 0 saturated carbocycles. The Hall–Kier alpha value is -3.07. The van der Waals surface area contributed by atoms with Gasteiger partial charge < -0.3 is 9.80 Å². The highest BCUT2D eigenvalue weighted by atomic mass is 16.2. The summed E-state index contributed by atoms with van der Waals surface area (Å²) >= 11 is 0. The van der Waals surface area contributed by atoms with Crippen molar-refractivity contribution in [1.82, 2.24) is 0 Å². The Morgan fingerprint density at radius 2 is 1.37 bits per heavy atom. The van der Waals surface area contributed by atoms with E-state index < -0.39 is 0 Å². The Labute approximate surface area is 160 Å². The number of hydrogen-bond donors (Lipinski definition) is 0. The number of rotatable bonds is 4. The molecule has 1 saturated heterocycles. The molecule has 4 rings (SSSR count). The zero-order valence-corrected chi connectivity index (χ0v) is 15.6. The van der Waals surface area contributed by atoms with Gasteiger partial charge in [0, 0.05) is 37.1 Å². The predicted octanol–water partition coefficient (Wildman–Crippen LogP) is 5.23. The molecular weight excluding hydrogens is 332 g/mol. The molecule has 3 heteroatoms. The van der Waals surface area contributed by atoms with Crippen LogP contribution < -0.4 is 9.80 Å². The first-order valence-electron chi connectivity index (χ1n) is 9.51. The van der Waals surface area contributed by atoms with Gasteiger partial charge in [-0.25, -0.2) is 0 Å². The highest BCUT2D eigenvalue weighted by molar-refractivity contribution is 6.06. The van der Waals surface area contributed by atoms with Crippen molar-refractivity contribution in [3.63, 3.8) is 0 Å². The monoisotopic (exact) mass is 356 g/mol. The van der Waals surface area contributed by atoms with Crippen LogP contribution in [0.5, 0.6) is 0 Å². The lowest BCUT2D eigenvalue weighted by Gasteiger charge is -2.21. The summed E-state index contributed by atoms with van der Waals surface area (Å²) in [6, 6.07) is 26.3. The fourth-order valence-corrected chi connectivity index (χ4v) is 3.61. The molecule has 0 aliphatic carbocycles. The number of anilines is 2. The van der Waals surface area contributed by atoms with Crippen LogP contribution in [0, 0.1) is 0 Å². The van der Waals surface area contributed by atoms with Crippen LogP contribution in [0.15, 0.2) is 78.9 Å². The Morgan fingerprint density at radius 1 is 0.778 bits per heavy atom. The molecule has 1 fully saturated rings. The van der Waals surface area contributed by atoms with Crippen molar-refractivity contribution in [1.29, 1.82) is 0 Å². The lowest BCUT2D eigenvalue weighted by Crippen LogP contribution is -2.26. The van der Waals surface area contributed by atoms with Gasteiger partial charge in [-0.05, 0) is 60.4 Å². The maximum absolute atomic E-state index is 12.8. The minimum atomic E-state index is 0.00327. The number of carbonyl (C=O) groups is 1. The maximum Gasteiger partial charge on any atom is 0.258 e. The minimum Gasteiger partial charge on any atom is -0.372 e.